The lowest BCUT2D eigenvalue weighted by atomic mass is 9.87. The molecule has 2 heteroatoms. The topological polar surface area (TPSA) is 21.3 Å². The van der Waals surface area contributed by atoms with Gasteiger partial charge in [0.25, 0.3) is 0 Å². The molecular weight excluding hydrogens is 222 g/mol. The van der Waals surface area contributed by atoms with Gasteiger partial charge in [0.2, 0.25) is 0 Å². The lowest BCUT2D eigenvalue weighted by Gasteiger charge is -2.30. The second-order valence-electron chi connectivity index (χ2n) is 5.59. The van der Waals surface area contributed by atoms with Gasteiger partial charge >= 0.3 is 0 Å². The minimum atomic E-state index is 0.361. The standard InChI is InChI=1S/C16H25NO/c1-12-8-10-14(11-9-12)17-13(2)15-6-4-5-7-16(15)18-3/h4-7,12-14,17H,8-11H2,1-3H3. The molecule has 0 radical (unpaired) electrons. The smallest absolute Gasteiger partial charge is 0.123 e. The fourth-order valence-electron chi connectivity index (χ4n) is 2.89. The van der Waals surface area contributed by atoms with Crippen LogP contribution in [0.1, 0.15) is 51.1 Å². The molecule has 100 valence electrons. The van der Waals surface area contributed by atoms with Crippen LogP contribution in [-0.4, -0.2) is 13.2 Å². The van der Waals surface area contributed by atoms with Gasteiger partial charge in [0.15, 0.2) is 0 Å². The van der Waals surface area contributed by atoms with Crippen LogP contribution in [0.15, 0.2) is 24.3 Å². The number of hydrogen-bond acceptors (Lipinski definition) is 2. The van der Waals surface area contributed by atoms with Gasteiger partial charge in [-0.15, -0.1) is 0 Å². The Morgan fingerprint density at radius 3 is 2.50 bits per heavy atom. The lowest BCUT2D eigenvalue weighted by molar-refractivity contribution is 0.289. The highest BCUT2D eigenvalue weighted by atomic mass is 16.5. The molecule has 0 aromatic heterocycles. The zero-order valence-electron chi connectivity index (χ0n) is 11.8. The van der Waals surface area contributed by atoms with Gasteiger partial charge in [-0.25, -0.2) is 0 Å². The summed E-state index contributed by atoms with van der Waals surface area (Å²) in [4.78, 5) is 0. The maximum atomic E-state index is 5.43. The zero-order chi connectivity index (χ0) is 13.0. The first-order valence-electron chi connectivity index (χ1n) is 7.09. The number of methoxy groups -OCH3 is 1. The average molecular weight is 247 g/mol. The molecule has 18 heavy (non-hydrogen) atoms. The van der Waals surface area contributed by atoms with Crippen LogP contribution >= 0.6 is 0 Å². The molecule has 1 atom stereocenters. The fraction of sp³-hybridized carbons (Fsp3) is 0.625. The van der Waals surface area contributed by atoms with Crippen molar-refractivity contribution < 1.29 is 4.74 Å². The molecule has 1 aliphatic carbocycles. The summed E-state index contributed by atoms with van der Waals surface area (Å²) >= 11 is 0. The van der Waals surface area contributed by atoms with E-state index >= 15 is 0 Å². The Morgan fingerprint density at radius 1 is 1.17 bits per heavy atom. The van der Waals surface area contributed by atoms with E-state index in [-0.39, 0.29) is 0 Å². The Hall–Kier alpha value is -1.02. The van der Waals surface area contributed by atoms with Crippen LogP contribution in [-0.2, 0) is 0 Å². The number of benzene rings is 1. The molecule has 0 heterocycles. The molecule has 2 nitrogen and oxygen atoms in total. The SMILES string of the molecule is COc1ccccc1C(C)NC1CCC(C)CC1. The number of hydrogen-bond donors (Lipinski definition) is 1. The van der Waals surface area contributed by atoms with Crippen molar-refractivity contribution in [2.24, 2.45) is 5.92 Å². The van der Waals surface area contributed by atoms with Gasteiger partial charge in [-0.1, -0.05) is 25.1 Å². The molecule has 1 aromatic rings. The molecule has 1 aliphatic rings. The van der Waals surface area contributed by atoms with Crippen LogP contribution in [0.4, 0.5) is 0 Å². The highest BCUT2D eigenvalue weighted by Gasteiger charge is 2.20. The van der Waals surface area contributed by atoms with Crippen molar-refractivity contribution in [2.75, 3.05) is 7.11 Å². The minimum Gasteiger partial charge on any atom is -0.496 e. The Bertz CT molecular complexity index is 369. The van der Waals surface area contributed by atoms with E-state index in [4.69, 9.17) is 4.74 Å². The van der Waals surface area contributed by atoms with Crippen LogP contribution in [0.3, 0.4) is 0 Å². The predicted octanol–water partition coefficient (Wildman–Crippen LogP) is 3.92. The second-order valence-corrected chi connectivity index (χ2v) is 5.59. The van der Waals surface area contributed by atoms with Crippen molar-refractivity contribution in [3.63, 3.8) is 0 Å². The molecular formula is C16H25NO. The van der Waals surface area contributed by atoms with Gasteiger partial charge < -0.3 is 10.1 Å². The van der Waals surface area contributed by atoms with Crippen molar-refractivity contribution in [3.05, 3.63) is 29.8 Å². The molecule has 0 bridgehead atoms. The maximum Gasteiger partial charge on any atom is 0.123 e. The van der Waals surface area contributed by atoms with Crippen LogP contribution in [0, 0.1) is 5.92 Å². The fourth-order valence-corrected chi connectivity index (χ4v) is 2.89. The van der Waals surface area contributed by atoms with E-state index in [1.807, 2.05) is 12.1 Å². The summed E-state index contributed by atoms with van der Waals surface area (Å²) in [5, 5.41) is 3.75. The van der Waals surface area contributed by atoms with Gasteiger partial charge in [-0.3, -0.25) is 0 Å². The maximum absolute atomic E-state index is 5.43. The van der Waals surface area contributed by atoms with E-state index in [1.54, 1.807) is 7.11 Å². The highest BCUT2D eigenvalue weighted by Crippen LogP contribution is 2.28. The molecule has 0 aliphatic heterocycles. The van der Waals surface area contributed by atoms with E-state index in [9.17, 15) is 0 Å². The van der Waals surface area contributed by atoms with Crippen molar-refractivity contribution in [2.45, 2.75) is 51.6 Å². The lowest BCUT2D eigenvalue weighted by Crippen LogP contribution is -2.34. The van der Waals surface area contributed by atoms with Gasteiger partial charge in [-0.2, -0.15) is 0 Å². The van der Waals surface area contributed by atoms with Gasteiger partial charge in [-0.05, 0) is 44.6 Å². The summed E-state index contributed by atoms with van der Waals surface area (Å²) in [7, 11) is 1.74. The number of nitrogens with one attached hydrogen (secondary N) is 1. The molecule has 1 N–H and O–H groups in total. The van der Waals surface area contributed by atoms with E-state index in [0.717, 1.165) is 11.7 Å². The second kappa shape index (κ2) is 6.24. The monoisotopic (exact) mass is 247 g/mol. The minimum absolute atomic E-state index is 0.361. The zero-order valence-corrected chi connectivity index (χ0v) is 11.8. The third kappa shape index (κ3) is 3.26. The van der Waals surface area contributed by atoms with E-state index in [1.165, 1.54) is 31.2 Å². The highest BCUT2D eigenvalue weighted by molar-refractivity contribution is 5.35. The number of ether oxygens (including phenoxy) is 1. The summed E-state index contributed by atoms with van der Waals surface area (Å²) in [6, 6.07) is 9.33. The van der Waals surface area contributed by atoms with Crippen LogP contribution in [0.25, 0.3) is 0 Å². The molecule has 0 saturated heterocycles. The summed E-state index contributed by atoms with van der Waals surface area (Å²) in [5.41, 5.74) is 1.26. The predicted molar refractivity (Wildman–Crippen MR) is 76.0 cm³/mol. The Kier molecular flexibility index (Phi) is 4.65. The van der Waals surface area contributed by atoms with E-state index in [2.05, 4.69) is 31.3 Å². The third-order valence-electron chi connectivity index (χ3n) is 4.11. The molecule has 0 spiro atoms. The van der Waals surface area contributed by atoms with E-state index < -0.39 is 0 Å². The van der Waals surface area contributed by atoms with Gasteiger partial charge in [0.05, 0.1) is 7.11 Å². The van der Waals surface area contributed by atoms with Gasteiger partial charge in [0, 0.05) is 17.6 Å². The summed E-state index contributed by atoms with van der Waals surface area (Å²) in [6.45, 7) is 4.59. The van der Waals surface area contributed by atoms with E-state index in [0.29, 0.717) is 12.1 Å². The van der Waals surface area contributed by atoms with Crippen molar-refractivity contribution >= 4 is 0 Å². The quantitative estimate of drug-likeness (QED) is 0.870. The third-order valence-corrected chi connectivity index (χ3v) is 4.11. The molecule has 1 fully saturated rings. The molecule has 2 rings (SSSR count). The summed E-state index contributed by atoms with van der Waals surface area (Å²) in [5.74, 6) is 1.89. The largest absolute Gasteiger partial charge is 0.496 e. The van der Waals surface area contributed by atoms with Gasteiger partial charge in [0.1, 0.15) is 5.75 Å². The van der Waals surface area contributed by atoms with Crippen LogP contribution < -0.4 is 10.1 Å². The van der Waals surface area contributed by atoms with Crippen molar-refractivity contribution in [1.29, 1.82) is 0 Å². The van der Waals surface area contributed by atoms with Crippen molar-refractivity contribution in [1.82, 2.24) is 5.32 Å². The molecule has 1 saturated carbocycles. The Labute approximate surface area is 111 Å². The summed E-state index contributed by atoms with van der Waals surface area (Å²) in [6.07, 6.45) is 5.33. The molecule has 0 amide bonds. The Morgan fingerprint density at radius 2 is 1.83 bits per heavy atom. The number of para-hydroxylation sites is 1. The first-order chi connectivity index (χ1) is 8.70. The first kappa shape index (κ1) is 13.4. The first-order valence-corrected chi connectivity index (χ1v) is 7.09. The Balaban J connectivity index is 1.96. The molecule has 1 aromatic carbocycles. The van der Waals surface area contributed by atoms with Crippen molar-refractivity contribution in [3.8, 4) is 5.75 Å². The summed E-state index contributed by atoms with van der Waals surface area (Å²) < 4.78 is 5.43. The molecule has 1 unspecified atom stereocenters. The normalized spacial score (nSPS) is 25.7. The van der Waals surface area contributed by atoms with Crippen LogP contribution in [0.2, 0.25) is 0 Å². The number of rotatable bonds is 4. The van der Waals surface area contributed by atoms with Crippen LogP contribution in [0.5, 0.6) is 5.75 Å². The average Bonchev–Trinajstić information content (AvgIpc) is 2.41.